The molecular formula is C23H31N3O3. The molecule has 6 nitrogen and oxygen atoms in total. The highest BCUT2D eigenvalue weighted by Gasteiger charge is 2.21. The number of amides is 1. The lowest BCUT2D eigenvalue weighted by Crippen LogP contribution is -2.49. The van der Waals surface area contributed by atoms with Gasteiger partial charge in [0, 0.05) is 51.9 Å². The fourth-order valence-corrected chi connectivity index (χ4v) is 3.68. The molecule has 156 valence electrons. The molecule has 2 aromatic carbocycles. The lowest BCUT2D eigenvalue weighted by atomic mass is 10.1. The first kappa shape index (κ1) is 21.1. The number of carbonyl (C=O) groups excluding carboxylic acids is 1. The molecule has 0 saturated carbocycles. The number of piperazine rings is 1. The quantitative estimate of drug-likeness (QED) is 0.685. The van der Waals surface area contributed by atoms with Gasteiger partial charge in [-0.1, -0.05) is 42.5 Å². The Hall–Kier alpha value is -2.57. The van der Waals surface area contributed by atoms with Gasteiger partial charge in [0.2, 0.25) is 5.91 Å². The van der Waals surface area contributed by atoms with E-state index in [9.17, 15) is 4.79 Å². The van der Waals surface area contributed by atoms with Crippen molar-refractivity contribution in [1.29, 1.82) is 0 Å². The van der Waals surface area contributed by atoms with E-state index >= 15 is 0 Å². The van der Waals surface area contributed by atoms with Gasteiger partial charge in [0.25, 0.3) is 0 Å². The molecule has 0 aliphatic carbocycles. The number of nitrogens with zero attached hydrogens (tertiary/aromatic N) is 3. The maximum absolute atomic E-state index is 12.7. The van der Waals surface area contributed by atoms with Crippen LogP contribution in [0.4, 0.5) is 0 Å². The molecule has 1 aliphatic heterocycles. The van der Waals surface area contributed by atoms with Gasteiger partial charge in [-0.05, 0) is 11.6 Å². The molecule has 0 aromatic heterocycles. The van der Waals surface area contributed by atoms with Gasteiger partial charge in [-0.25, -0.2) is 0 Å². The summed E-state index contributed by atoms with van der Waals surface area (Å²) in [6.07, 6.45) is 0. The SMILES string of the molecule is COc1cccc(CN(C)C(=O)CN2CCN(Cc3ccccc3)CC2)c1OC. The predicted molar refractivity (Wildman–Crippen MR) is 114 cm³/mol. The van der Waals surface area contributed by atoms with Crippen LogP contribution in [-0.2, 0) is 17.9 Å². The van der Waals surface area contributed by atoms with Gasteiger partial charge >= 0.3 is 0 Å². The van der Waals surface area contributed by atoms with Gasteiger partial charge in [0.15, 0.2) is 11.5 Å². The van der Waals surface area contributed by atoms with E-state index in [-0.39, 0.29) is 5.91 Å². The third-order valence-corrected chi connectivity index (χ3v) is 5.39. The second kappa shape index (κ2) is 10.3. The summed E-state index contributed by atoms with van der Waals surface area (Å²) < 4.78 is 10.8. The molecule has 6 heteroatoms. The molecule has 1 fully saturated rings. The third-order valence-electron chi connectivity index (χ3n) is 5.39. The standard InChI is InChI=1S/C23H31N3O3/c1-24(17-20-10-7-11-21(28-2)23(20)29-3)22(27)18-26-14-12-25(13-15-26)16-19-8-5-4-6-9-19/h4-11H,12-18H2,1-3H3. The number of rotatable bonds is 8. The van der Waals surface area contributed by atoms with E-state index in [1.807, 2.05) is 31.3 Å². The summed E-state index contributed by atoms with van der Waals surface area (Å²) in [6.45, 7) is 5.70. The van der Waals surface area contributed by atoms with Crippen molar-refractivity contribution in [2.24, 2.45) is 0 Å². The maximum atomic E-state index is 12.7. The van der Waals surface area contributed by atoms with E-state index in [0.717, 1.165) is 38.3 Å². The number of carbonyl (C=O) groups is 1. The molecule has 2 aromatic rings. The van der Waals surface area contributed by atoms with Gasteiger partial charge in [-0.15, -0.1) is 0 Å². The first-order valence-electron chi connectivity index (χ1n) is 10.0. The van der Waals surface area contributed by atoms with E-state index in [0.29, 0.717) is 24.6 Å². The van der Waals surface area contributed by atoms with E-state index in [1.54, 1.807) is 19.1 Å². The Morgan fingerprint density at radius 1 is 0.931 bits per heavy atom. The van der Waals surface area contributed by atoms with Gasteiger partial charge in [-0.3, -0.25) is 14.6 Å². The van der Waals surface area contributed by atoms with E-state index in [2.05, 4.69) is 34.1 Å². The van der Waals surface area contributed by atoms with Gasteiger partial charge in [0.05, 0.1) is 20.8 Å². The van der Waals surface area contributed by atoms with Crippen LogP contribution in [0.1, 0.15) is 11.1 Å². The van der Waals surface area contributed by atoms with Crippen LogP contribution in [0.15, 0.2) is 48.5 Å². The molecule has 1 saturated heterocycles. The van der Waals surface area contributed by atoms with Gasteiger partial charge in [-0.2, -0.15) is 0 Å². The number of para-hydroxylation sites is 1. The van der Waals surface area contributed by atoms with Crippen LogP contribution in [0, 0.1) is 0 Å². The average Bonchev–Trinajstić information content (AvgIpc) is 2.75. The van der Waals surface area contributed by atoms with Crippen molar-refractivity contribution in [3.63, 3.8) is 0 Å². The second-order valence-corrected chi connectivity index (χ2v) is 7.44. The molecule has 1 heterocycles. The molecule has 0 unspecified atom stereocenters. The third kappa shape index (κ3) is 5.71. The van der Waals surface area contributed by atoms with Crippen LogP contribution in [0.25, 0.3) is 0 Å². The largest absolute Gasteiger partial charge is 0.493 e. The zero-order valence-electron chi connectivity index (χ0n) is 17.6. The summed E-state index contributed by atoms with van der Waals surface area (Å²) in [5.41, 5.74) is 2.28. The maximum Gasteiger partial charge on any atom is 0.236 e. The lowest BCUT2D eigenvalue weighted by molar-refractivity contribution is -0.132. The summed E-state index contributed by atoms with van der Waals surface area (Å²) in [5, 5.41) is 0. The van der Waals surface area contributed by atoms with Crippen molar-refractivity contribution >= 4 is 5.91 Å². The molecule has 0 atom stereocenters. The van der Waals surface area contributed by atoms with Crippen LogP contribution < -0.4 is 9.47 Å². The molecule has 0 bridgehead atoms. The Morgan fingerprint density at radius 2 is 1.62 bits per heavy atom. The van der Waals surface area contributed by atoms with Crippen molar-refractivity contribution in [2.45, 2.75) is 13.1 Å². The number of likely N-dealkylation sites (N-methyl/N-ethyl adjacent to an activating group) is 1. The highest BCUT2D eigenvalue weighted by atomic mass is 16.5. The van der Waals surface area contributed by atoms with E-state index in [1.165, 1.54) is 5.56 Å². The second-order valence-electron chi connectivity index (χ2n) is 7.44. The highest BCUT2D eigenvalue weighted by molar-refractivity contribution is 5.78. The Morgan fingerprint density at radius 3 is 2.28 bits per heavy atom. The molecule has 0 radical (unpaired) electrons. The lowest BCUT2D eigenvalue weighted by Gasteiger charge is -2.35. The first-order chi connectivity index (χ1) is 14.1. The number of hydrogen-bond acceptors (Lipinski definition) is 5. The molecule has 3 rings (SSSR count). The van der Waals surface area contributed by atoms with Crippen molar-refractivity contribution in [1.82, 2.24) is 14.7 Å². The highest BCUT2D eigenvalue weighted by Crippen LogP contribution is 2.31. The molecular weight excluding hydrogens is 366 g/mol. The van der Waals surface area contributed by atoms with Gasteiger partial charge < -0.3 is 14.4 Å². The number of hydrogen-bond donors (Lipinski definition) is 0. The Labute approximate surface area is 173 Å². The van der Waals surface area contributed by atoms with Crippen molar-refractivity contribution in [3.8, 4) is 11.5 Å². The van der Waals surface area contributed by atoms with Crippen molar-refractivity contribution in [3.05, 3.63) is 59.7 Å². The molecule has 0 spiro atoms. The number of ether oxygens (including phenoxy) is 2. The fourth-order valence-electron chi connectivity index (χ4n) is 3.68. The zero-order chi connectivity index (χ0) is 20.6. The molecule has 29 heavy (non-hydrogen) atoms. The van der Waals surface area contributed by atoms with Crippen LogP contribution in [0.2, 0.25) is 0 Å². The predicted octanol–water partition coefficient (Wildman–Crippen LogP) is 2.48. The zero-order valence-corrected chi connectivity index (χ0v) is 17.6. The van der Waals surface area contributed by atoms with Crippen LogP contribution in [0.5, 0.6) is 11.5 Å². The topological polar surface area (TPSA) is 45.2 Å². The number of benzene rings is 2. The fraction of sp³-hybridized carbons (Fsp3) is 0.435. The number of methoxy groups -OCH3 is 2. The normalized spacial score (nSPS) is 15.1. The Balaban J connectivity index is 1.48. The molecule has 0 N–H and O–H groups in total. The minimum absolute atomic E-state index is 0.117. The van der Waals surface area contributed by atoms with Crippen molar-refractivity contribution in [2.75, 3.05) is 54.0 Å². The average molecular weight is 398 g/mol. The minimum Gasteiger partial charge on any atom is -0.493 e. The van der Waals surface area contributed by atoms with Crippen LogP contribution in [-0.4, -0.2) is 74.6 Å². The molecule has 1 amide bonds. The van der Waals surface area contributed by atoms with Crippen molar-refractivity contribution < 1.29 is 14.3 Å². The summed E-state index contributed by atoms with van der Waals surface area (Å²) >= 11 is 0. The van der Waals surface area contributed by atoms with Crippen LogP contribution in [0.3, 0.4) is 0 Å². The summed E-state index contributed by atoms with van der Waals surface area (Å²) in [5.74, 6) is 1.48. The monoisotopic (exact) mass is 397 g/mol. The summed E-state index contributed by atoms with van der Waals surface area (Å²) in [7, 11) is 5.08. The molecule has 1 aliphatic rings. The summed E-state index contributed by atoms with van der Waals surface area (Å²) in [6, 6.07) is 16.3. The van der Waals surface area contributed by atoms with E-state index < -0.39 is 0 Å². The van der Waals surface area contributed by atoms with Crippen LogP contribution >= 0.6 is 0 Å². The first-order valence-corrected chi connectivity index (χ1v) is 10.0. The Kier molecular flexibility index (Phi) is 7.49. The smallest absolute Gasteiger partial charge is 0.236 e. The van der Waals surface area contributed by atoms with E-state index in [4.69, 9.17) is 9.47 Å². The minimum atomic E-state index is 0.117. The Bertz CT molecular complexity index is 789. The van der Waals surface area contributed by atoms with Gasteiger partial charge in [0.1, 0.15) is 0 Å². The summed E-state index contributed by atoms with van der Waals surface area (Å²) in [4.78, 5) is 19.2.